The van der Waals surface area contributed by atoms with E-state index in [4.69, 9.17) is 9.84 Å². The van der Waals surface area contributed by atoms with Crippen LogP contribution in [0.25, 0.3) is 0 Å². The Labute approximate surface area is 75.9 Å². The third-order valence-electron chi connectivity index (χ3n) is 1.65. The molecular weight excluding hydrogens is 172 g/mol. The highest BCUT2D eigenvalue weighted by atomic mass is 16.5. The van der Waals surface area contributed by atoms with Crippen molar-refractivity contribution >= 4 is 5.97 Å². The molecule has 1 N–H and O–H groups in total. The Bertz CT molecular complexity index is 306. The van der Waals surface area contributed by atoms with Crippen molar-refractivity contribution in [2.24, 2.45) is 7.05 Å². The molecule has 0 atom stereocenters. The topological polar surface area (TPSA) is 64.3 Å². The summed E-state index contributed by atoms with van der Waals surface area (Å²) >= 11 is 0. The highest BCUT2D eigenvalue weighted by molar-refractivity contribution is 5.89. The van der Waals surface area contributed by atoms with E-state index in [-0.39, 0.29) is 6.61 Å². The first-order valence-corrected chi connectivity index (χ1v) is 3.99. The van der Waals surface area contributed by atoms with Crippen LogP contribution in [0.1, 0.15) is 23.0 Å². The lowest BCUT2D eigenvalue weighted by Crippen LogP contribution is -2.12. The molecule has 1 aromatic rings. The standard InChI is InChI=1S/C8H12N2O3/c1-3-13-8(12)7-6(5-11)4-9-10(7)2/h4,11H,3,5H2,1-2H3. The van der Waals surface area contributed by atoms with Crippen LogP contribution in [0, 0.1) is 0 Å². The van der Waals surface area contributed by atoms with Gasteiger partial charge in [-0.3, -0.25) is 4.68 Å². The van der Waals surface area contributed by atoms with Crippen molar-refractivity contribution in [3.8, 4) is 0 Å². The van der Waals surface area contributed by atoms with E-state index in [1.54, 1.807) is 14.0 Å². The summed E-state index contributed by atoms with van der Waals surface area (Å²) in [6.07, 6.45) is 1.45. The molecule has 1 heterocycles. The Kier molecular flexibility index (Phi) is 3.02. The fraction of sp³-hybridized carbons (Fsp3) is 0.500. The van der Waals surface area contributed by atoms with Gasteiger partial charge in [0.05, 0.1) is 19.4 Å². The van der Waals surface area contributed by atoms with Crippen molar-refractivity contribution in [1.29, 1.82) is 0 Å². The molecule has 0 aromatic carbocycles. The van der Waals surface area contributed by atoms with Gasteiger partial charge < -0.3 is 9.84 Å². The third kappa shape index (κ3) is 1.86. The SMILES string of the molecule is CCOC(=O)c1c(CO)cnn1C. The van der Waals surface area contributed by atoms with Gasteiger partial charge in [0.25, 0.3) is 0 Å². The summed E-state index contributed by atoms with van der Waals surface area (Å²) in [6, 6.07) is 0. The van der Waals surface area contributed by atoms with E-state index in [1.807, 2.05) is 0 Å². The average Bonchev–Trinajstić information content (AvgIpc) is 2.47. The number of hydrogen-bond donors (Lipinski definition) is 1. The van der Waals surface area contributed by atoms with E-state index in [0.29, 0.717) is 17.9 Å². The van der Waals surface area contributed by atoms with Crippen LogP contribution in [0.2, 0.25) is 0 Å². The predicted octanol–water partition coefficient (Wildman–Crippen LogP) is 0.0891. The van der Waals surface area contributed by atoms with Crippen molar-refractivity contribution in [2.75, 3.05) is 6.61 Å². The normalized spacial score (nSPS) is 10.1. The maximum Gasteiger partial charge on any atom is 0.356 e. The molecule has 0 amide bonds. The van der Waals surface area contributed by atoms with Crippen LogP contribution in [0.5, 0.6) is 0 Å². The van der Waals surface area contributed by atoms with Gasteiger partial charge in [-0.1, -0.05) is 0 Å². The summed E-state index contributed by atoms with van der Waals surface area (Å²) in [6.45, 7) is 1.84. The second-order valence-corrected chi connectivity index (χ2v) is 2.52. The van der Waals surface area contributed by atoms with Crippen LogP contribution in [0.15, 0.2) is 6.20 Å². The number of aliphatic hydroxyl groups excluding tert-OH is 1. The molecule has 0 aliphatic carbocycles. The molecule has 0 unspecified atom stereocenters. The smallest absolute Gasteiger partial charge is 0.356 e. The Hall–Kier alpha value is -1.36. The van der Waals surface area contributed by atoms with Gasteiger partial charge in [-0.15, -0.1) is 0 Å². The molecule has 0 aliphatic rings. The summed E-state index contributed by atoms with van der Waals surface area (Å²) in [7, 11) is 1.63. The lowest BCUT2D eigenvalue weighted by Gasteiger charge is -2.03. The molecule has 0 radical (unpaired) electrons. The summed E-state index contributed by atoms with van der Waals surface area (Å²) in [4.78, 5) is 11.3. The van der Waals surface area contributed by atoms with Gasteiger partial charge in [0.2, 0.25) is 0 Å². The largest absolute Gasteiger partial charge is 0.461 e. The third-order valence-corrected chi connectivity index (χ3v) is 1.65. The molecule has 1 aromatic heterocycles. The van der Waals surface area contributed by atoms with Crippen molar-refractivity contribution < 1.29 is 14.6 Å². The van der Waals surface area contributed by atoms with Gasteiger partial charge in [-0.25, -0.2) is 4.79 Å². The summed E-state index contributed by atoms with van der Waals surface area (Å²) in [5, 5.41) is 12.7. The number of aliphatic hydroxyl groups is 1. The monoisotopic (exact) mass is 184 g/mol. The van der Waals surface area contributed by atoms with Crippen molar-refractivity contribution in [3.63, 3.8) is 0 Å². The number of aryl methyl sites for hydroxylation is 1. The first-order chi connectivity index (χ1) is 6.20. The lowest BCUT2D eigenvalue weighted by molar-refractivity contribution is 0.0510. The zero-order valence-electron chi connectivity index (χ0n) is 7.65. The number of hydrogen-bond acceptors (Lipinski definition) is 4. The molecular formula is C8H12N2O3. The molecule has 1 rings (SSSR count). The van der Waals surface area contributed by atoms with Gasteiger partial charge in [-0.05, 0) is 6.92 Å². The molecule has 72 valence electrons. The Balaban J connectivity index is 2.96. The molecule has 0 spiro atoms. The number of carbonyl (C=O) groups excluding carboxylic acids is 1. The van der Waals surface area contributed by atoms with E-state index >= 15 is 0 Å². The summed E-state index contributed by atoms with van der Waals surface area (Å²) < 4.78 is 6.19. The van der Waals surface area contributed by atoms with Gasteiger partial charge in [0, 0.05) is 12.6 Å². The Morgan fingerprint density at radius 1 is 1.77 bits per heavy atom. The quantitative estimate of drug-likeness (QED) is 0.676. The maximum atomic E-state index is 11.3. The van der Waals surface area contributed by atoms with E-state index < -0.39 is 5.97 Å². The van der Waals surface area contributed by atoms with Gasteiger partial charge >= 0.3 is 5.97 Å². The van der Waals surface area contributed by atoms with Gasteiger partial charge in [-0.2, -0.15) is 5.10 Å². The van der Waals surface area contributed by atoms with E-state index in [9.17, 15) is 4.79 Å². The van der Waals surface area contributed by atoms with Crippen molar-refractivity contribution in [2.45, 2.75) is 13.5 Å². The van der Waals surface area contributed by atoms with Crippen molar-refractivity contribution in [1.82, 2.24) is 9.78 Å². The second-order valence-electron chi connectivity index (χ2n) is 2.52. The second kappa shape index (κ2) is 4.04. The first-order valence-electron chi connectivity index (χ1n) is 3.99. The Morgan fingerprint density at radius 2 is 2.46 bits per heavy atom. The molecule has 0 bridgehead atoms. The van der Waals surface area contributed by atoms with E-state index in [0.717, 1.165) is 0 Å². The van der Waals surface area contributed by atoms with Crippen LogP contribution in [-0.2, 0) is 18.4 Å². The van der Waals surface area contributed by atoms with Crippen LogP contribution >= 0.6 is 0 Å². The highest BCUT2D eigenvalue weighted by Gasteiger charge is 2.16. The van der Waals surface area contributed by atoms with Gasteiger partial charge in [0.15, 0.2) is 5.69 Å². The summed E-state index contributed by atoms with van der Waals surface area (Å²) in [5.41, 5.74) is 0.797. The number of esters is 1. The Morgan fingerprint density at radius 3 is 3.00 bits per heavy atom. The molecule has 0 aliphatic heterocycles. The number of nitrogens with zero attached hydrogens (tertiary/aromatic N) is 2. The molecule has 0 fully saturated rings. The number of rotatable bonds is 3. The van der Waals surface area contributed by atoms with Crippen LogP contribution < -0.4 is 0 Å². The zero-order chi connectivity index (χ0) is 9.84. The van der Waals surface area contributed by atoms with Crippen molar-refractivity contribution in [3.05, 3.63) is 17.5 Å². The predicted molar refractivity (Wildman–Crippen MR) is 45.1 cm³/mol. The van der Waals surface area contributed by atoms with Crippen LogP contribution in [-0.4, -0.2) is 27.5 Å². The molecule has 0 saturated heterocycles. The average molecular weight is 184 g/mol. The molecule has 5 nitrogen and oxygen atoms in total. The number of carbonyl (C=O) groups is 1. The minimum atomic E-state index is -0.452. The number of aromatic nitrogens is 2. The van der Waals surface area contributed by atoms with Crippen LogP contribution in [0.3, 0.4) is 0 Å². The zero-order valence-corrected chi connectivity index (χ0v) is 7.65. The highest BCUT2D eigenvalue weighted by Crippen LogP contribution is 2.08. The minimum absolute atomic E-state index is 0.206. The minimum Gasteiger partial charge on any atom is -0.461 e. The maximum absolute atomic E-state index is 11.3. The van der Waals surface area contributed by atoms with E-state index in [2.05, 4.69) is 5.10 Å². The molecule has 0 saturated carbocycles. The lowest BCUT2D eigenvalue weighted by atomic mass is 10.2. The summed E-state index contributed by atoms with van der Waals surface area (Å²) in [5.74, 6) is -0.452. The molecule has 5 heteroatoms. The fourth-order valence-corrected chi connectivity index (χ4v) is 1.06. The van der Waals surface area contributed by atoms with Crippen LogP contribution in [0.4, 0.5) is 0 Å². The fourth-order valence-electron chi connectivity index (χ4n) is 1.06. The number of ether oxygens (including phenoxy) is 1. The van der Waals surface area contributed by atoms with Gasteiger partial charge in [0.1, 0.15) is 0 Å². The van der Waals surface area contributed by atoms with E-state index in [1.165, 1.54) is 10.9 Å². The molecule has 13 heavy (non-hydrogen) atoms. The first kappa shape index (κ1) is 9.73.